The van der Waals surface area contributed by atoms with Crippen LogP contribution in [0.5, 0.6) is 11.5 Å². The molecule has 96 valence electrons. The van der Waals surface area contributed by atoms with Crippen LogP contribution in [0.1, 0.15) is 22.3 Å². The van der Waals surface area contributed by atoms with Gasteiger partial charge in [0.1, 0.15) is 0 Å². The molecule has 0 aliphatic rings. The Kier molecular flexibility index (Phi) is 4.92. The maximum absolute atomic E-state index is 10.9. The number of phenolic OH excluding ortho intramolecular Hbond substituents is 1. The highest BCUT2D eigenvalue weighted by Gasteiger charge is 2.10. The van der Waals surface area contributed by atoms with Crippen LogP contribution < -0.4 is 4.74 Å². The molecule has 5 nitrogen and oxygen atoms in total. The first-order chi connectivity index (χ1) is 8.63. The number of ether oxygens (including phenoxy) is 2. The molecule has 18 heavy (non-hydrogen) atoms. The lowest BCUT2D eigenvalue weighted by atomic mass is 10.1. The fraction of sp³-hybridized carbons (Fsp3) is 0.231. The second kappa shape index (κ2) is 6.44. The van der Waals surface area contributed by atoms with E-state index in [2.05, 4.69) is 4.74 Å². The minimum Gasteiger partial charge on any atom is -0.504 e. The Balaban J connectivity index is 3.05. The van der Waals surface area contributed by atoms with Gasteiger partial charge in [-0.25, -0.2) is 0 Å². The molecule has 0 saturated heterocycles. The summed E-state index contributed by atoms with van der Waals surface area (Å²) in [5, 5.41) is 9.87. The van der Waals surface area contributed by atoms with Crippen LogP contribution in [0.3, 0.4) is 0 Å². The molecule has 0 heterocycles. The Hall–Kier alpha value is -2.30. The standard InChI is InChI=1S/C13H14O5/c1-17-11-7-6-9(8-14)10(13(11)16)4-3-5-12(15)18-2/h3-4,6-8,16H,5H2,1-2H3. The van der Waals surface area contributed by atoms with Crippen molar-refractivity contribution in [1.29, 1.82) is 0 Å². The van der Waals surface area contributed by atoms with E-state index >= 15 is 0 Å². The monoisotopic (exact) mass is 250 g/mol. The first-order valence-corrected chi connectivity index (χ1v) is 5.22. The maximum atomic E-state index is 10.9. The zero-order valence-electron chi connectivity index (χ0n) is 10.2. The van der Waals surface area contributed by atoms with Crippen LogP contribution in [-0.2, 0) is 9.53 Å². The van der Waals surface area contributed by atoms with Gasteiger partial charge in [-0.3, -0.25) is 9.59 Å². The number of esters is 1. The molecule has 0 saturated carbocycles. The number of aldehydes is 1. The van der Waals surface area contributed by atoms with Crippen molar-refractivity contribution >= 4 is 18.3 Å². The van der Waals surface area contributed by atoms with E-state index in [1.807, 2.05) is 0 Å². The number of carbonyl (C=O) groups is 2. The number of rotatable bonds is 5. The molecule has 1 rings (SSSR count). The van der Waals surface area contributed by atoms with E-state index in [1.165, 1.54) is 38.5 Å². The van der Waals surface area contributed by atoms with Gasteiger partial charge in [0.15, 0.2) is 17.8 Å². The first kappa shape index (κ1) is 13.8. The summed E-state index contributed by atoms with van der Waals surface area (Å²) in [5.41, 5.74) is 0.627. The van der Waals surface area contributed by atoms with E-state index in [9.17, 15) is 14.7 Å². The van der Waals surface area contributed by atoms with Gasteiger partial charge in [0.05, 0.1) is 20.6 Å². The summed E-state index contributed by atoms with van der Waals surface area (Å²) in [4.78, 5) is 21.8. The van der Waals surface area contributed by atoms with E-state index < -0.39 is 5.97 Å². The number of hydrogen-bond donors (Lipinski definition) is 1. The maximum Gasteiger partial charge on any atom is 0.309 e. The first-order valence-electron chi connectivity index (χ1n) is 5.22. The third-order valence-corrected chi connectivity index (χ3v) is 2.36. The fourth-order valence-corrected chi connectivity index (χ4v) is 1.40. The molecule has 5 heteroatoms. The number of phenols is 1. The fourth-order valence-electron chi connectivity index (χ4n) is 1.40. The molecule has 0 atom stereocenters. The molecule has 1 N–H and O–H groups in total. The number of benzene rings is 1. The van der Waals surface area contributed by atoms with E-state index in [0.717, 1.165) is 0 Å². The summed E-state index contributed by atoms with van der Waals surface area (Å²) in [6.45, 7) is 0. The van der Waals surface area contributed by atoms with Crippen LogP contribution in [0.2, 0.25) is 0 Å². The Morgan fingerprint density at radius 1 is 1.39 bits per heavy atom. The molecule has 0 unspecified atom stereocenters. The molecule has 1 aromatic carbocycles. The van der Waals surface area contributed by atoms with Crippen molar-refractivity contribution in [2.45, 2.75) is 6.42 Å². The topological polar surface area (TPSA) is 72.8 Å². The minimum absolute atomic E-state index is 0.0610. The summed E-state index contributed by atoms with van der Waals surface area (Å²) >= 11 is 0. The second-order valence-electron chi connectivity index (χ2n) is 3.42. The van der Waals surface area contributed by atoms with Crippen molar-refractivity contribution in [2.24, 2.45) is 0 Å². The van der Waals surface area contributed by atoms with Gasteiger partial charge in [-0.2, -0.15) is 0 Å². The molecule has 0 aromatic heterocycles. The van der Waals surface area contributed by atoms with Gasteiger partial charge >= 0.3 is 5.97 Å². The van der Waals surface area contributed by atoms with Gasteiger partial charge in [0, 0.05) is 11.1 Å². The van der Waals surface area contributed by atoms with Crippen LogP contribution in [0.4, 0.5) is 0 Å². The Morgan fingerprint density at radius 3 is 2.67 bits per heavy atom. The average molecular weight is 250 g/mol. The third kappa shape index (κ3) is 3.10. The van der Waals surface area contributed by atoms with Crippen molar-refractivity contribution in [1.82, 2.24) is 0 Å². The number of aromatic hydroxyl groups is 1. The lowest BCUT2D eigenvalue weighted by Gasteiger charge is -2.07. The normalized spacial score (nSPS) is 10.3. The number of methoxy groups -OCH3 is 2. The minimum atomic E-state index is -0.402. The molecule has 0 amide bonds. The zero-order valence-corrected chi connectivity index (χ0v) is 10.2. The lowest BCUT2D eigenvalue weighted by Crippen LogP contribution is -1.97. The molecule has 0 aliphatic heterocycles. The van der Waals surface area contributed by atoms with Gasteiger partial charge < -0.3 is 14.6 Å². The van der Waals surface area contributed by atoms with Gasteiger partial charge in [0.2, 0.25) is 0 Å². The Morgan fingerprint density at radius 2 is 2.11 bits per heavy atom. The Labute approximate surface area is 105 Å². The highest BCUT2D eigenvalue weighted by Crippen LogP contribution is 2.32. The predicted molar refractivity (Wildman–Crippen MR) is 65.7 cm³/mol. The average Bonchev–Trinajstić information content (AvgIpc) is 2.40. The second-order valence-corrected chi connectivity index (χ2v) is 3.42. The van der Waals surface area contributed by atoms with Crippen LogP contribution in [0.15, 0.2) is 18.2 Å². The molecule has 0 fully saturated rings. The van der Waals surface area contributed by atoms with Crippen molar-refractivity contribution in [2.75, 3.05) is 14.2 Å². The summed E-state index contributed by atoms with van der Waals surface area (Å²) in [5.74, 6) is -0.275. The third-order valence-electron chi connectivity index (χ3n) is 2.36. The molecule has 0 radical (unpaired) electrons. The van der Waals surface area contributed by atoms with Gasteiger partial charge in [0.25, 0.3) is 0 Å². The molecular weight excluding hydrogens is 236 g/mol. The molecule has 0 bridgehead atoms. The molecular formula is C13H14O5. The quantitative estimate of drug-likeness (QED) is 0.637. The van der Waals surface area contributed by atoms with E-state index in [4.69, 9.17) is 4.74 Å². The van der Waals surface area contributed by atoms with Crippen LogP contribution in [0.25, 0.3) is 6.08 Å². The van der Waals surface area contributed by atoms with Crippen molar-refractivity contribution in [3.05, 3.63) is 29.3 Å². The van der Waals surface area contributed by atoms with Crippen molar-refractivity contribution in [3.63, 3.8) is 0 Å². The summed E-state index contributed by atoms with van der Waals surface area (Å²) in [6, 6.07) is 3.03. The van der Waals surface area contributed by atoms with E-state index in [1.54, 1.807) is 0 Å². The molecule has 0 spiro atoms. The van der Waals surface area contributed by atoms with Crippen LogP contribution >= 0.6 is 0 Å². The molecule has 0 aliphatic carbocycles. The summed E-state index contributed by atoms with van der Waals surface area (Å²) in [6.07, 6.45) is 3.67. The lowest BCUT2D eigenvalue weighted by molar-refractivity contribution is -0.139. The largest absolute Gasteiger partial charge is 0.504 e. The van der Waals surface area contributed by atoms with Crippen molar-refractivity contribution in [3.8, 4) is 11.5 Å². The summed E-state index contributed by atoms with van der Waals surface area (Å²) < 4.78 is 9.42. The van der Waals surface area contributed by atoms with Crippen molar-refractivity contribution < 1.29 is 24.2 Å². The molecule has 1 aromatic rings. The SMILES string of the molecule is COC(=O)CC=Cc1c(C=O)ccc(OC)c1O. The van der Waals surface area contributed by atoms with E-state index in [-0.39, 0.29) is 17.9 Å². The highest BCUT2D eigenvalue weighted by molar-refractivity contribution is 5.85. The Bertz CT molecular complexity index is 477. The zero-order chi connectivity index (χ0) is 13.5. The highest BCUT2D eigenvalue weighted by atomic mass is 16.5. The van der Waals surface area contributed by atoms with Crippen LogP contribution in [0, 0.1) is 0 Å². The van der Waals surface area contributed by atoms with Gasteiger partial charge in [-0.15, -0.1) is 0 Å². The van der Waals surface area contributed by atoms with Crippen LogP contribution in [-0.4, -0.2) is 31.6 Å². The number of hydrogen-bond acceptors (Lipinski definition) is 5. The predicted octanol–water partition coefficient (Wildman–Crippen LogP) is 1.79. The number of carbonyl (C=O) groups excluding carboxylic acids is 2. The smallest absolute Gasteiger partial charge is 0.309 e. The van der Waals surface area contributed by atoms with E-state index in [0.29, 0.717) is 17.4 Å². The van der Waals surface area contributed by atoms with Gasteiger partial charge in [-0.05, 0) is 12.1 Å². The summed E-state index contributed by atoms with van der Waals surface area (Å²) in [7, 11) is 2.70. The van der Waals surface area contributed by atoms with Gasteiger partial charge in [-0.1, -0.05) is 12.2 Å².